The molecule has 1 aromatic heterocycles. The van der Waals surface area contributed by atoms with E-state index < -0.39 is 0 Å². The summed E-state index contributed by atoms with van der Waals surface area (Å²) in [6.07, 6.45) is 0.933. The van der Waals surface area contributed by atoms with Crippen molar-refractivity contribution in [1.82, 2.24) is 10.2 Å². The fourth-order valence-corrected chi connectivity index (χ4v) is 3.81. The van der Waals surface area contributed by atoms with Gasteiger partial charge in [0.2, 0.25) is 0 Å². The minimum atomic E-state index is -0.0187. The van der Waals surface area contributed by atoms with Crippen LogP contribution < -0.4 is 11.1 Å². The molecule has 2 heterocycles. The van der Waals surface area contributed by atoms with Crippen LogP contribution in [0.5, 0.6) is 0 Å². The van der Waals surface area contributed by atoms with Gasteiger partial charge in [-0.2, -0.15) is 0 Å². The Labute approximate surface area is 119 Å². The van der Waals surface area contributed by atoms with Gasteiger partial charge in [-0.05, 0) is 24.8 Å². The Balaban J connectivity index is 2.20. The highest BCUT2D eigenvalue weighted by atomic mass is 32.1. The number of nitrogens with zero attached hydrogens (tertiary/aromatic N) is 1. The van der Waals surface area contributed by atoms with Crippen molar-refractivity contribution >= 4 is 22.2 Å². The maximum absolute atomic E-state index is 12.1. The SMILES string of the molecule is CCNC(=O)c1c(N)sc2c1CCN(CC(C)C)C2. The average molecular weight is 281 g/mol. The number of hydrogen-bond donors (Lipinski definition) is 2. The summed E-state index contributed by atoms with van der Waals surface area (Å²) in [6.45, 7) is 10.1. The molecule has 1 aliphatic heterocycles. The van der Waals surface area contributed by atoms with Crippen LogP contribution in [0.1, 0.15) is 41.6 Å². The van der Waals surface area contributed by atoms with Crippen LogP contribution in [0.15, 0.2) is 0 Å². The summed E-state index contributed by atoms with van der Waals surface area (Å²) >= 11 is 1.58. The first-order valence-electron chi connectivity index (χ1n) is 6.93. The number of nitrogens with two attached hydrogens (primary N) is 1. The number of anilines is 1. The second kappa shape index (κ2) is 5.92. The molecule has 19 heavy (non-hydrogen) atoms. The van der Waals surface area contributed by atoms with Crippen molar-refractivity contribution in [2.75, 3.05) is 25.4 Å². The Morgan fingerprint density at radius 2 is 2.26 bits per heavy atom. The Bertz CT molecular complexity index is 468. The lowest BCUT2D eigenvalue weighted by molar-refractivity contribution is 0.0955. The smallest absolute Gasteiger partial charge is 0.254 e. The maximum atomic E-state index is 12.1. The molecule has 0 bridgehead atoms. The fourth-order valence-electron chi connectivity index (χ4n) is 2.65. The van der Waals surface area contributed by atoms with Gasteiger partial charge in [-0.1, -0.05) is 13.8 Å². The molecular formula is C14H23N3OS. The third-order valence-electron chi connectivity index (χ3n) is 3.35. The van der Waals surface area contributed by atoms with Crippen molar-refractivity contribution in [3.8, 4) is 0 Å². The summed E-state index contributed by atoms with van der Waals surface area (Å²) in [5.74, 6) is 0.650. The van der Waals surface area contributed by atoms with Crippen molar-refractivity contribution in [3.63, 3.8) is 0 Å². The number of hydrogen-bond acceptors (Lipinski definition) is 4. The zero-order chi connectivity index (χ0) is 14.0. The number of carbonyl (C=O) groups is 1. The van der Waals surface area contributed by atoms with E-state index in [2.05, 4.69) is 24.1 Å². The highest BCUT2D eigenvalue weighted by Crippen LogP contribution is 2.35. The maximum Gasteiger partial charge on any atom is 0.254 e. The summed E-state index contributed by atoms with van der Waals surface area (Å²) in [6, 6.07) is 0. The largest absolute Gasteiger partial charge is 0.390 e. The lowest BCUT2D eigenvalue weighted by Gasteiger charge is -2.28. The van der Waals surface area contributed by atoms with Gasteiger partial charge in [0, 0.05) is 31.1 Å². The highest BCUT2D eigenvalue weighted by Gasteiger charge is 2.26. The molecular weight excluding hydrogens is 258 g/mol. The van der Waals surface area contributed by atoms with Crippen LogP contribution in [-0.2, 0) is 13.0 Å². The molecule has 0 aromatic carbocycles. The van der Waals surface area contributed by atoms with E-state index in [9.17, 15) is 4.79 Å². The number of rotatable bonds is 4. The fraction of sp³-hybridized carbons (Fsp3) is 0.643. The molecule has 0 unspecified atom stereocenters. The first-order valence-corrected chi connectivity index (χ1v) is 7.75. The molecule has 106 valence electrons. The summed E-state index contributed by atoms with van der Waals surface area (Å²) in [7, 11) is 0. The Morgan fingerprint density at radius 1 is 1.53 bits per heavy atom. The van der Waals surface area contributed by atoms with E-state index in [4.69, 9.17) is 5.73 Å². The van der Waals surface area contributed by atoms with E-state index in [1.54, 1.807) is 11.3 Å². The number of amides is 1. The summed E-state index contributed by atoms with van der Waals surface area (Å²) in [4.78, 5) is 15.8. The Hall–Kier alpha value is -1.07. The van der Waals surface area contributed by atoms with Gasteiger partial charge in [-0.25, -0.2) is 0 Å². The second-order valence-electron chi connectivity index (χ2n) is 5.48. The van der Waals surface area contributed by atoms with E-state index in [1.165, 1.54) is 10.4 Å². The molecule has 0 atom stereocenters. The molecule has 1 amide bonds. The Kier molecular flexibility index (Phi) is 4.47. The van der Waals surface area contributed by atoms with Crippen LogP contribution in [-0.4, -0.2) is 30.4 Å². The normalized spacial score (nSPS) is 15.6. The van der Waals surface area contributed by atoms with Gasteiger partial charge < -0.3 is 11.1 Å². The summed E-state index contributed by atoms with van der Waals surface area (Å²) in [5.41, 5.74) is 7.94. The van der Waals surface area contributed by atoms with Crippen LogP contribution in [0.25, 0.3) is 0 Å². The molecule has 2 rings (SSSR count). The van der Waals surface area contributed by atoms with Crippen molar-refractivity contribution in [2.24, 2.45) is 5.92 Å². The highest BCUT2D eigenvalue weighted by molar-refractivity contribution is 7.16. The molecule has 1 aliphatic rings. The van der Waals surface area contributed by atoms with Gasteiger partial charge in [0.1, 0.15) is 0 Å². The summed E-state index contributed by atoms with van der Waals surface area (Å²) < 4.78 is 0. The number of nitrogen functional groups attached to an aromatic ring is 1. The molecule has 0 aliphatic carbocycles. The molecule has 5 heteroatoms. The molecule has 3 N–H and O–H groups in total. The van der Waals surface area contributed by atoms with Crippen LogP contribution >= 0.6 is 11.3 Å². The molecule has 4 nitrogen and oxygen atoms in total. The third-order valence-corrected chi connectivity index (χ3v) is 4.40. The quantitative estimate of drug-likeness (QED) is 0.888. The predicted octanol–water partition coefficient (Wildman–Crippen LogP) is 2.09. The molecule has 0 fully saturated rings. The number of nitrogens with one attached hydrogen (secondary N) is 1. The first kappa shape index (κ1) is 14.3. The van der Waals surface area contributed by atoms with Gasteiger partial charge in [0.25, 0.3) is 5.91 Å². The third kappa shape index (κ3) is 3.09. The van der Waals surface area contributed by atoms with Gasteiger partial charge in [-0.3, -0.25) is 9.69 Å². The monoisotopic (exact) mass is 281 g/mol. The molecule has 0 saturated carbocycles. The van der Waals surface area contributed by atoms with Crippen molar-refractivity contribution in [2.45, 2.75) is 33.7 Å². The number of thiophene rings is 1. The van der Waals surface area contributed by atoms with E-state index >= 15 is 0 Å². The Morgan fingerprint density at radius 3 is 2.89 bits per heavy atom. The molecule has 0 radical (unpaired) electrons. The van der Waals surface area contributed by atoms with E-state index in [1.807, 2.05) is 6.92 Å². The second-order valence-corrected chi connectivity index (χ2v) is 6.62. The van der Waals surface area contributed by atoms with Crippen LogP contribution in [0.2, 0.25) is 0 Å². The average Bonchev–Trinajstić information content (AvgIpc) is 2.63. The van der Waals surface area contributed by atoms with Gasteiger partial charge >= 0.3 is 0 Å². The zero-order valence-electron chi connectivity index (χ0n) is 12.0. The number of fused-ring (bicyclic) bond motifs is 1. The van der Waals surface area contributed by atoms with Crippen molar-refractivity contribution in [1.29, 1.82) is 0 Å². The minimum absolute atomic E-state index is 0.0187. The van der Waals surface area contributed by atoms with Gasteiger partial charge in [0.15, 0.2) is 0 Å². The first-order chi connectivity index (χ1) is 9.02. The predicted molar refractivity (Wildman–Crippen MR) is 80.6 cm³/mol. The molecule has 0 spiro atoms. The topological polar surface area (TPSA) is 58.4 Å². The van der Waals surface area contributed by atoms with Crippen molar-refractivity contribution < 1.29 is 4.79 Å². The van der Waals surface area contributed by atoms with Gasteiger partial charge in [0.05, 0.1) is 10.6 Å². The molecule has 0 saturated heterocycles. The van der Waals surface area contributed by atoms with E-state index in [0.717, 1.165) is 31.6 Å². The number of carbonyl (C=O) groups excluding carboxylic acids is 1. The standard InChI is InChI=1S/C14H23N3OS/c1-4-16-14(18)12-10-5-6-17(7-9(2)3)8-11(10)19-13(12)15/h9H,4-8,15H2,1-3H3,(H,16,18). The van der Waals surface area contributed by atoms with Crippen LogP contribution in [0, 0.1) is 5.92 Å². The zero-order valence-corrected chi connectivity index (χ0v) is 12.8. The van der Waals surface area contributed by atoms with Crippen LogP contribution in [0.4, 0.5) is 5.00 Å². The summed E-state index contributed by atoms with van der Waals surface area (Å²) in [5, 5.41) is 3.53. The van der Waals surface area contributed by atoms with Crippen LogP contribution in [0.3, 0.4) is 0 Å². The van der Waals surface area contributed by atoms with E-state index in [0.29, 0.717) is 17.5 Å². The van der Waals surface area contributed by atoms with Crippen molar-refractivity contribution in [3.05, 3.63) is 16.0 Å². The lowest BCUT2D eigenvalue weighted by atomic mass is 10.0. The minimum Gasteiger partial charge on any atom is -0.390 e. The lowest BCUT2D eigenvalue weighted by Crippen LogP contribution is -2.33. The molecule has 1 aromatic rings. The van der Waals surface area contributed by atoms with E-state index in [-0.39, 0.29) is 5.91 Å². The van der Waals surface area contributed by atoms with Gasteiger partial charge in [-0.15, -0.1) is 11.3 Å².